The first kappa shape index (κ1) is 14.4. The van der Waals surface area contributed by atoms with E-state index >= 15 is 0 Å². The van der Waals surface area contributed by atoms with Gasteiger partial charge >= 0.3 is 0 Å². The van der Waals surface area contributed by atoms with Crippen molar-refractivity contribution in [1.82, 2.24) is 0 Å². The van der Waals surface area contributed by atoms with Crippen LogP contribution in [-0.4, -0.2) is 17.9 Å². The van der Waals surface area contributed by atoms with Crippen molar-refractivity contribution in [1.29, 1.82) is 0 Å². The van der Waals surface area contributed by atoms with Crippen molar-refractivity contribution in [2.75, 3.05) is 10.6 Å². The molecule has 0 radical (unpaired) electrons. The average molecular weight is 317 g/mol. The molecule has 2 aromatic rings. The van der Waals surface area contributed by atoms with Gasteiger partial charge in [-0.15, -0.1) is 0 Å². The molecule has 0 bridgehead atoms. The zero-order chi connectivity index (χ0) is 15.7. The number of hydrogen-bond donors (Lipinski definition) is 2. The Labute approximate surface area is 132 Å². The number of halogens is 1. The molecule has 6 heteroatoms. The Morgan fingerprint density at radius 2 is 1.95 bits per heavy atom. The highest BCUT2D eigenvalue weighted by Gasteiger charge is 2.24. The normalized spacial score (nSPS) is 16.3. The molecule has 5 nitrogen and oxygen atoms in total. The van der Waals surface area contributed by atoms with Crippen LogP contribution in [0.5, 0.6) is 5.75 Å². The summed E-state index contributed by atoms with van der Waals surface area (Å²) in [5.74, 6) is 0.0139. The number of amides is 2. The molecule has 1 atom stereocenters. The molecule has 0 aromatic heterocycles. The van der Waals surface area contributed by atoms with Gasteiger partial charge in [-0.2, -0.15) is 0 Å². The van der Waals surface area contributed by atoms with Crippen molar-refractivity contribution >= 4 is 34.8 Å². The van der Waals surface area contributed by atoms with Crippen LogP contribution in [0.2, 0.25) is 5.02 Å². The molecular formula is C16H13ClN2O3. The second-order valence-corrected chi connectivity index (χ2v) is 5.36. The maximum Gasteiger partial charge on any atom is 0.265 e. The van der Waals surface area contributed by atoms with Crippen LogP contribution in [0.15, 0.2) is 42.5 Å². The van der Waals surface area contributed by atoms with Crippen molar-refractivity contribution in [3.8, 4) is 5.75 Å². The van der Waals surface area contributed by atoms with Crippen LogP contribution < -0.4 is 15.4 Å². The largest absolute Gasteiger partial charge is 0.479 e. The first-order chi connectivity index (χ1) is 10.5. The van der Waals surface area contributed by atoms with E-state index < -0.39 is 6.10 Å². The molecule has 0 spiro atoms. The maximum atomic E-state index is 12.2. The van der Waals surface area contributed by atoms with Gasteiger partial charge in [-0.05, 0) is 49.4 Å². The summed E-state index contributed by atoms with van der Waals surface area (Å²) >= 11 is 5.81. The highest BCUT2D eigenvalue weighted by Crippen LogP contribution is 2.30. The summed E-state index contributed by atoms with van der Waals surface area (Å²) in [5.41, 5.74) is 1.65. The molecule has 1 aliphatic heterocycles. The number of carbonyl (C=O) groups is 2. The van der Waals surface area contributed by atoms with E-state index in [9.17, 15) is 9.59 Å². The van der Waals surface area contributed by atoms with Crippen LogP contribution in [-0.2, 0) is 4.79 Å². The van der Waals surface area contributed by atoms with Crippen molar-refractivity contribution in [3.63, 3.8) is 0 Å². The number of fused-ring (bicyclic) bond motifs is 1. The number of benzene rings is 2. The number of rotatable bonds is 2. The van der Waals surface area contributed by atoms with Gasteiger partial charge in [0.25, 0.3) is 11.8 Å². The number of carbonyl (C=O) groups excluding carboxylic acids is 2. The van der Waals surface area contributed by atoms with E-state index in [0.29, 0.717) is 27.7 Å². The molecule has 22 heavy (non-hydrogen) atoms. The summed E-state index contributed by atoms with van der Waals surface area (Å²) in [6, 6.07) is 11.7. The van der Waals surface area contributed by atoms with Gasteiger partial charge in [0.15, 0.2) is 6.10 Å². The number of nitrogens with one attached hydrogen (secondary N) is 2. The van der Waals surface area contributed by atoms with Gasteiger partial charge in [-0.1, -0.05) is 11.6 Å². The van der Waals surface area contributed by atoms with Gasteiger partial charge in [0.1, 0.15) is 5.75 Å². The van der Waals surface area contributed by atoms with Crippen molar-refractivity contribution in [2.45, 2.75) is 13.0 Å². The smallest absolute Gasteiger partial charge is 0.265 e. The number of anilines is 2. The monoisotopic (exact) mass is 316 g/mol. The van der Waals surface area contributed by atoms with Crippen molar-refractivity contribution in [3.05, 3.63) is 53.1 Å². The van der Waals surface area contributed by atoms with Crippen molar-refractivity contribution < 1.29 is 14.3 Å². The molecule has 0 saturated carbocycles. The fourth-order valence-electron chi connectivity index (χ4n) is 2.08. The summed E-state index contributed by atoms with van der Waals surface area (Å²) in [4.78, 5) is 23.8. The Kier molecular flexibility index (Phi) is 3.73. The van der Waals surface area contributed by atoms with E-state index in [4.69, 9.17) is 16.3 Å². The molecule has 0 saturated heterocycles. The van der Waals surface area contributed by atoms with E-state index in [1.807, 2.05) is 0 Å². The quantitative estimate of drug-likeness (QED) is 0.893. The Bertz CT molecular complexity index is 744. The third kappa shape index (κ3) is 2.89. The highest BCUT2D eigenvalue weighted by atomic mass is 35.5. The SMILES string of the molecule is CC1Oc2cc(C(=O)Nc3ccc(Cl)cc3)ccc2NC1=O. The molecule has 0 aliphatic carbocycles. The summed E-state index contributed by atoms with van der Waals surface area (Å²) in [5, 5.41) is 6.09. The topological polar surface area (TPSA) is 67.4 Å². The first-order valence-corrected chi connectivity index (χ1v) is 7.09. The van der Waals surface area contributed by atoms with Crippen LogP contribution in [0.4, 0.5) is 11.4 Å². The Morgan fingerprint density at radius 1 is 1.23 bits per heavy atom. The molecule has 1 aliphatic rings. The Balaban J connectivity index is 1.80. The standard InChI is InChI=1S/C16H13ClN2O3/c1-9-15(20)19-13-7-2-10(8-14(13)22-9)16(21)18-12-5-3-11(17)4-6-12/h2-9H,1H3,(H,18,21)(H,19,20). The minimum atomic E-state index is -0.581. The number of hydrogen-bond acceptors (Lipinski definition) is 3. The molecule has 1 heterocycles. The minimum Gasteiger partial charge on any atom is -0.479 e. The van der Waals surface area contributed by atoms with Crippen LogP contribution in [0, 0.1) is 0 Å². The van der Waals surface area contributed by atoms with Gasteiger partial charge < -0.3 is 15.4 Å². The fourth-order valence-corrected chi connectivity index (χ4v) is 2.21. The lowest BCUT2D eigenvalue weighted by Crippen LogP contribution is -2.34. The molecule has 112 valence electrons. The Morgan fingerprint density at radius 3 is 2.68 bits per heavy atom. The van der Waals surface area contributed by atoms with Gasteiger partial charge in [-0.3, -0.25) is 9.59 Å². The molecule has 1 unspecified atom stereocenters. The molecular weight excluding hydrogens is 304 g/mol. The molecule has 3 rings (SSSR count). The summed E-state index contributed by atoms with van der Waals surface area (Å²) in [6.45, 7) is 1.65. The zero-order valence-electron chi connectivity index (χ0n) is 11.7. The molecule has 2 amide bonds. The second-order valence-electron chi connectivity index (χ2n) is 4.92. The fraction of sp³-hybridized carbons (Fsp3) is 0.125. The van der Waals surface area contributed by atoms with Gasteiger partial charge in [0, 0.05) is 16.3 Å². The zero-order valence-corrected chi connectivity index (χ0v) is 12.5. The average Bonchev–Trinajstić information content (AvgIpc) is 2.50. The van der Waals surface area contributed by atoms with E-state index in [1.165, 1.54) is 0 Å². The lowest BCUT2D eigenvalue weighted by molar-refractivity contribution is -0.122. The van der Waals surface area contributed by atoms with E-state index in [1.54, 1.807) is 49.4 Å². The van der Waals surface area contributed by atoms with E-state index in [0.717, 1.165) is 0 Å². The van der Waals surface area contributed by atoms with Gasteiger partial charge in [0.05, 0.1) is 5.69 Å². The van der Waals surface area contributed by atoms with E-state index in [-0.39, 0.29) is 11.8 Å². The van der Waals surface area contributed by atoms with Crippen LogP contribution >= 0.6 is 11.6 Å². The van der Waals surface area contributed by atoms with Gasteiger partial charge in [0.2, 0.25) is 0 Å². The summed E-state index contributed by atoms with van der Waals surface area (Å²) < 4.78 is 5.49. The Hall–Kier alpha value is -2.53. The first-order valence-electron chi connectivity index (χ1n) is 6.71. The predicted molar refractivity (Wildman–Crippen MR) is 84.6 cm³/mol. The highest BCUT2D eigenvalue weighted by molar-refractivity contribution is 6.30. The molecule has 2 aromatic carbocycles. The van der Waals surface area contributed by atoms with E-state index in [2.05, 4.69) is 10.6 Å². The van der Waals surface area contributed by atoms with Crippen LogP contribution in [0.3, 0.4) is 0 Å². The lowest BCUT2D eigenvalue weighted by atomic mass is 10.1. The lowest BCUT2D eigenvalue weighted by Gasteiger charge is -2.23. The van der Waals surface area contributed by atoms with Crippen LogP contribution in [0.1, 0.15) is 17.3 Å². The van der Waals surface area contributed by atoms with Crippen molar-refractivity contribution in [2.24, 2.45) is 0 Å². The van der Waals surface area contributed by atoms with Gasteiger partial charge in [-0.25, -0.2) is 0 Å². The van der Waals surface area contributed by atoms with Crippen LogP contribution in [0.25, 0.3) is 0 Å². The summed E-state index contributed by atoms with van der Waals surface area (Å²) in [7, 11) is 0. The number of ether oxygens (including phenoxy) is 1. The maximum absolute atomic E-state index is 12.2. The summed E-state index contributed by atoms with van der Waals surface area (Å²) in [6.07, 6.45) is -0.581. The third-order valence-electron chi connectivity index (χ3n) is 3.28. The molecule has 0 fully saturated rings. The predicted octanol–water partition coefficient (Wildman–Crippen LogP) is 3.31. The second kappa shape index (κ2) is 5.69. The molecule has 2 N–H and O–H groups in total. The minimum absolute atomic E-state index is 0.203. The third-order valence-corrected chi connectivity index (χ3v) is 3.53.